The van der Waals surface area contributed by atoms with Crippen LogP contribution in [-0.2, 0) is 0 Å². The number of nitro benzene ring substituents is 1. The highest BCUT2D eigenvalue weighted by molar-refractivity contribution is 5.78. The van der Waals surface area contributed by atoms with Crippen molar-refractivity contribution in [3.05, 3.63) is 28.6 Å². The maximum Gasteiger partial charge on any atom is 0.314 e. The van der Waals surface area contributed by atoms with E-state index in [0.717, 1.165) is 0 Å². The van der Waals surface area contributed by atoms with E-state index in [1.54, 1.807) is 0 Å². The van der Waals surface area contributed by atoms with Crippen LogP contribution in [0.4, 0.5) is 5.69 Å². The summed E-state index contributed by atoms with van der Waals surface area (Å²) < 4.78 is 9.80. The maximum atomic E-state index is 10.6. The van der Waals surface area contributed by atoms with E-state index in [4.69, 9.17) is 9.15 Å². The first kappa shape index (κ1) is 8.49. The zero-order valence-corrected chi connectivity index (χ0v) is 7.26. The monoisotopic (exact) mass is 194 g/mol. The van der Waals surface area contributed by atoms with Gasteiger partial charge in [0, 0.05) is 6.07 Å². The van der Waals surface area contributed by atoms with Crippen LogP contribution >= 0.6 is 0 Å². The summed E-state index contributed by atoms with van der Waals surface area (Å²) in [5.41, 5.74) is 0.779. The van der Waals surface area contributed by atoms with Crippen LogP contribution in [0.3, 0.4) is 0 Å². The average molecular weight is 194 g/mol. The van der Waals surface area contributed by atoms with E-state index in [9.17, 15) is 10.1 Å². The summed E-state index contributed by atoms with van der Waals surface area (Å²) in [6, 6.07) is 2.76. The van der Waals surface area contributed by atoms with Crippen LogP contribution in [0.15, 0.2) is 22.9 Å². The Hall–Kier alpha value is -2.11. The van der Waals surface area contributed by atoms with Gasteiger partial charge in [0.2, 0.25) is 0 Å². The number of rotatable bonds is 2. The first-order valence-corrected chi connectivity index (χ1v) is 3.78. The molecule has 6 heteroatoms. The first-order valence-electron chi connectivity index (χ1n) is 3.78. The number of hydrogen-bond acceptors (Lipinski definition) is 5. The van der Waals surface area contributed by atoms with Crippen molar-refractivity contribution < 1.29 is 14.1 Å². The van der Waals surface area contributed by atoms with Crippen molar-refractivity contribution in [2.45, 2.75) is 0 Å². The number of fused-ring (bicyclic) bond motifs is 1. The molecule has 0 bridgehead atoms. The summed E-state index contributed by atoms with van der Waals surface area (Å²) in [7, 11) is 1.37. The zero-order valence-electron chi connectivity index (χ0n) is 7.26. The fraction of sp³-hybridized carbons (Fsp3) is 0.125. The summed E-state index contributed by atoms with van der Waals surface area (Å²) in [6.45, 7) is 0. The molecule has 0 unspecified atom stereocenters. The zero-order chi connectivity index (χ0) is 10.1. The maximum absolute atomic E-state index is 10.6. The van der Waals surface area contributed by atoms with E-state index in [-0.39, 0.29) is 11.4 Å². The minimum atomic E-state index is -0.527. The number of hydrogen-bond donors (Lipinski definition) is 0. The molecule has 0 fully saturated rings. The van der Waals surface area contributed by atoms with Gasteiger partial charge in [0.05, 0.1) is 18.1 Å². The van der Waals surface area contributed by atoms with Gasteiger partial charge in [-0.1, -0.05) is 0 Å². The van der Waals surface area contributed by atoms with Gasteiger partial charge in [0.15, 0.2) is 17.7 Å². The van der Waals surface area contributed by atoms with Gasteiger partial charge in [-0.25, -0.2) is 4.98 Å². The second-order valence-corrected chi connectivity index (χ2v) is 2.60. The van der Waals surface area contributed by atoms with Gasteiger partial charge in [0.1, 0.15) is 5.52 Å². The van der Waals surface area contributed by atoms with Crippen molar-refractivity contribution in [2.24, 2.45) is 0 Å². The number of nitro groups is 1. The predicted octanol–water partition coefficient (Wildman–Crippen LogP) is 1.74. The van der Waals surface area contributed by atoms with E-state index in [1.807, 2.05) is 0 Å². The number of ether oxygens (including phenoxy) is 1. The number of benzene rings is 1. The second-order valence-electron chi connectivity index (χ2n) is 2.60. The molecule has 1 heterocycles. The van der Waals surface area contributed by atoms with Gasteiger partial charge >= 0.3 is 5.69 Å². The van der Waals surface area contributed by atoms with Crippen LogP contribution in [0.1, 0.15) is 0 Å². The summed E-state index contributed by atoms with van der Waals surface area (Å²) in [4.78, 5) is 13.9. The van der Waals surface area contributed by atoms with Crippen LogP contribution in [0, 0.1) is 10.1 Å². The highest BCUT2D eigenvalue weighted by atomic mass is 16.6. The molecule has 0 saturated carbocycles. The van der Waals surface area contributed by atoms with Crippen LogP contribution in [0.5, 0.6) is 5.75 Å². The molecular weight excluding hydrogens is 188 g/mol. The lowest BCUT2D eigenvalue weighted by Gasteiger charge is -1.99. The molecule has 0 aliphatic rings. The Labute approximate surface area is 78.3 Å². The largest absolute Gasteiger partial charge is 0.490 e. The van der Waals surface area contributed by atoms with Crippen molar-refractivity contribution in [3.63, 3.8) is 0 Å². The Morgan fingerprint density at radius 1 is 1.57 bits per heavy atom. The Morgan fingerprint density at radius 3 is 3.00 bits per heavy atom. The Bertz CT molecular complexity index is 491. The predicted molar refractivity (Wildman–Crippen MR) is 47.2 cm³/mol. The van der Waals surface area contributed by atoms with Crippen molar-refractivity contribution in [2.75, 3.05) is 7.11 Å². The second kappa shape index (κ2) is 2.99. The molecule has 1 aromatic carbocycles. The topological polar surface area (TPSA) is 78.4 Å². The lowest BCUT2D eigenvalue weighted by molar-refractivity contribution is -0.385. The third-order valence-electron chi connectivity index (χ3n) is 1.83. The molecule has 2 rings (SSSR count). The van der Waals surface area contributed by atoms with E-state index >= 15 is 0 Å². The van der Waals surface area contributed by atoms with Crippen molar-refractivity contribution in [1.82, 2.24) is 4.98 Å². The molecule has 0 aliphatic carbocycles. The van der Waals surface area contributed by atoms with Crippen molar-refractivity contribution in [1.29, 1.82) is 0 Å². The highest BCUT2D eigenvalue weighted by Gasteiger charge is 2.17. The minimum Gasteiger partial charge on any atom is -0.490 e. The smallest absolute Gasteiger partial charge is 0.314 e. The molecular formula is C8H6N2O4. The van der Waals surface area contributed by atoms with Crippen molar-refractivity contribution >= 4 is 16.8 Å². The molecule has 0 saturated heterocycles. The van der Waals surface area contributed by atoms with E-state index in [0.29, 0.717) is 11.1 Å². The summed E-state index contributed by atoms with van der Waals surface area (Å²) in [5, 5.41) is 10.6. The minimum absolute atomic E-state index is 0.128. The summed E-state index contributed by atoms with van der Waals surface area (Å²) in [6.07, 6.45) is 1.23. The molecule has 0 amide bonds. The SMILES string of the molecule is COc1cc2ncoc2cc1[N+](=O)[O-]. The van der Waals surface area contributed by atoms with Crippen LogP contribution < -0.4 is 4.74 Å². The van der Waals surface area contributed by atoms with Crippen molar-refractivity contribution in [3.8, 4) is 5.75 Å². The van der Waals surface area contributed by atoms with Crippen LogP contribution in [0.2, 0.25) is 0 Å². The summed E-state index contributed by atoms with van der Waals surface area (Å²) in [5.74, 6) is 0.177. The molecule has 6 nitrogen and oxygen atoms in total. The molecule has 0 aliphatic heterocycles. The molecule has 0 spiro atoms. The van der Waals surface area contributed by atoms with Gasteiger partial charge in [-0.15, -0.1) is 0 Å². The quantitative estimate of drug-likeness (QED) is 0.537. The van der Waals surface area contributed by atoms with E-state index in [2.05, 4.69) is 4.98 Å². The van der Waals surface area contributed by atoms with E-state index in [1.165, 1.54) is 25.6 Å². The number of aromatic nitrogens is 1. The fourth-order valence-electron chi connectivity index (χ4n) is 1.18. The average Bonchev–Trinajstić information content (AvgIpc) is 2.62. The summed E-state index contributed by atoms with van der Waals surface area (Å²) >= 11 is 0. The number of nitrogens with zero attached hydrogens (tertiary/aromatic N) is 2. The molecule has 1 aromatic heterocycles. The Kier molecular flexibility index (Phi) is 1.81. The lowest BCUT2D eigenvalue weighted by Crippen LogP contribution is -1.93. The third-order valence-corrected chi connectivity index (χ3v) is 1.83. The van der Waals surface area contributed by atoms with E-state index < -0.39 is 4.92 Å². The normalized spacial score (nSPS) is 10.4. The van der Waals surface area contributed by atoms with Crippen LogP contribution in [0.25, 0.3) is 11.1 Å². The van der Waals surface area contributed by atoms with Crippen LogP contribution in [-0.4, -0.2) is 17.0 Å². The molecule has 2 aromatic rings. The van der Waals surface area contributed by atoms with Gasteiger partial charge in [-0.2, -0.15) is 0 Å². The van der Waals surface area contributed by atoms with Gasteiger partial charge < -0.3 is 9.15 Å². The molecule has 14 heavy (non-hydrogen) atoms. The molecule has 72 valence electrons. The first-order chi connectivity index (χ1) is 6.72. The van der Waals surface area contributed by atoms with Gasteiger partial charge in [-0.05, 0) is 0 Å². The third kappa shape index (κ3) is 1.17. The van der Waals surface area contributed by atoms with Gasteiger partial charge in [0.25, 0.3) is 0 Å². The molecule has 0 atom stereocenters. The standard InChI is InChI=1S/C8H6N2O4/c1-13-8-2-5-7(14-4-9-5)3-6(8)10(11)12/h2-4H,1H3. The molecule has 0 N–H and O–H groups in total. The van der Waals surface area contributed by atoms with Gasteiger partial charge in [-0.3, -0.25) is 10.1 Å². The number of oxazole rings is 1. The Balaban J connectivity index is 2.72. The molecule has 0 radical (unpaired) electrons. The highest BCUT2D eigenvalue weighted by Crippen LogP contribution is 2.31. The lowest BCUT2D eigenvalue weighted by atomic mass is 10.2. The Morgan fingerprint density at radius 2 is 2.36 bits per heavy atom. The number of methoxy groups -OCH3 is 1. The fourth-order valence-corrected chi connectivity index (χ4v) is 1.18.